The summed E-state index contributed by atoms with van der Waals surface area (Å²) in [6.45, 7) is 8.74. The fraction of sp³-hybridized carbons (Fsp3) is 0.476. The van der Waals surface area contributed by atoms with Crippen LogP contribution < -0.4 is 15.8 Å². The fourth-order valence-corrected chi connectivity index (χ4v) is 4.55. The van der Waals surface area contributed by atoms with E-state index >= 15 is 0 Å². The number of thioether (sulfide) groups is 1. The number of nitrogens with one attached hydrogen (secondary N) is 4. The summed E-state index contributed by atoms with van der Waals surface area (Å²) in [6.07, 6.45) is 4.42. The highest BCUT2D eigenvalue weighted by molar-refractivity contribution is 8.26. The lowest BCUT2D eigenvalue weighted by molar-refractivity contribution is 0.114. The molecule has 1 heterocycles. The van der Waals surface area contributed by atoms with Crippen LogP contribution in [0.15, 0.2) is 30.5 Å². The van der Waals surface area contributed by atoms with Gasteiger partial charge in [-0.15, -0.1) is 0 Å². The second-order valence-electron chi connectivity index (χ2n) is 8.65. The SMILES string of the molecule is CN(C(=N)SC(=N)Oc1ccc(/C(C=N)=C/N)cc1)C1CC(C)(C)NC(C)(C)C1. The summed E-state index contributed by atoms with van der Waals surface area (Å²) < 4.78 is 5.57. The number of benzene rings is 1. The molecule has 1 aliphatic rings. The molecule has 7 nitrogen and oxygen atoms in total. The normalized spacial score (nSPS) is 18.7. The van der Waals surface area contributed by atoms with Crippen LogP contribution >= 0.6 is 11.8 Å². The van der Waals surface area contributed by atoms with Crippen LogP contribution in [0.3, 0.4) is 0 Å². The summed E-state index contributed by atoms with van der Waals surface area (Å²) in [7, 11) is 1.91. The van der Waals surface area contributed by atoms with Gasteiger partial charge < -0.3 is 26.1 Å². The Morgan fingerprint density at radius 1 is 1.17 bits per heavy atom. The number of ether oxygens (including phenoxy) is 1. The van der Waals surface area contributed by atoms with Crippen molar-refractivity contribution in [3.8, 4) is 5.75 Å². The molecular weight excluding hydrogens is 384 g/mol. The van der Waals surface area contributed by atoms with Gasteiger partial charge in [0.25, 0.3) is 5.23 Å². The van der Waals surface area contributed by atoms with E-state index in [2.05, 4.69) is 33.0 Å². The number of nitrogens with two attached hydrogens (primary N) is 1. The zero-order chi connectivity index (χ0) is 21.8. The van der Waals surface area contributed by atoms with E-state index in [1.807, 2.05) is 11.9 Å². The van der Waals surface area contributed by atoms with Gasteiger partial charge in [-0.2, -0.15) is 0 Å². The molecule has 0 bridgehead atoms. The van der Waals surface area contributed by atoms with Crippen molar-refractivity contribution in [2.45, 2.75) is 57.7 Å². The number of piperidine rings is 1. The Morgan fingerprint density at radius 2 is 1.72 bits per heavy atom. The largest absolute Gasteiger partial charge is 0.434 e. The molecule has 1 aromatic carbocycles. The highest BCUT2D eigenvalue weighted by atomic mass is 32.2. The average molecular weight is 417 g/mol. The summed E-state index contributed by atoms with van der Waals surface area (Å²) in [5, 5.41) is 27.8. The Kier molecular flexibility index (Phi) is 7.13. The predicted molar refractivity (Wildman–Crippen MR) is 123 cm³/mol. The van der Waals surface area contributed by atoms with Crippen LogP contribution in [0.2, 0.25) is 0 Å². The zero-order valence-electron chi connectivity index (χ0n) is 17.8. The van der Waals surface area contributed by atoms with Crippen LogP contribution in [0.1, 0.15) is 46.1 Å². The first-order valence-electron chi connectivity index (χ1n) is 9.54. The summed E-state index contributed by atoms with van der Waals surface area (Å²) in [4.78, 5) is 1.94. The standard InChI is InChI=1S/C21H32N6OS/c1-20(2)10-16(11-21(3,4)26-20)27(5)18(24)29-19(25)28-17-8-6-14(7-9-17)15(12-22)13-23/h6-9,12-13,16,22,24-26H,10-11,23H2,1-5H3/b15-13+,22-12?,24-18?,25-19?. The van der Waals surface area contributed by atoms with Crippen molar-refractivity contribution in [3.63, 3.8) is 0 Å². The minimum atomic E-state index is -0.0521. The fourth-order valence-electron chi connectivity index (χ4n) is 3.94. The molecule has 29 heavy (non-hydrogen) atoms. The van der Waals surface area contributed by atoms with E-state index in [4.69, 9.17) is 26.7 Å². The summed E-state index contributed by atoms with van der Waals surface area (Å²) >= 11 is 0.998. The van der Waals surface area contributed by atoms with Crippen LogP contribution in [0.25, 0.3) is 5.57 Å². The molecule has 0 radical (unpaired) electrons. The molecule has 0 unspecified atom stereocenters. The molecule has 0 atom stereocenters. The molecule has 0 amide bonds. The number of hydrogen-bond donors (Lipinski definition) is 5. The molecule has 0 aliphatic carbocycles. The number of allylic oxidation sites excluding steroid dienone is 1. The maximum absolute atomic E-state index is 8.43. The van der Waals surface area contributed by atoms with Crippen LogP contribution in [-0.4, -0.2) is 45.7 Å². The first kappa shape index (κ1) is 23.0. The minimum Gasteiger partial charge on any atom is -0.434 e. The highest BCUT2D eigenvalue weighted by Gasteiger charge is 2.39. The molecule has 6 N–H and O–H groups in total. The summed E-state index contributed by atoms with van der Waals surface area (Å²) in [5.74, 6) is 0.507. The van der Waals surface area contributed by atoms with E-state index < -0.39 is 0 Å². The first-order valence-corrected chi connectivity index (χ1v) is 10.4. The predicted octanol–water partition coefficient (Wildman–Crippen LogP) is 3.86. The Bertz CT molecular complexity index is 784. The van der Waals surface area contributed by atoms with E-state index in [0.717, 1.165) is 30.2 Å². The third-order valence-corrected chi connectivity index (χ3v) is 5.71. The summed E-state index contributed by atoms with van der Waals surface area (Å²) in [5.41, 5.74) is 6.89. The molecule has 1 aromatic rings. The molecule has 1 aliphatic heterocycles. The third-order valence-electron chi connectivity index (χ3n) is 4.96. The van der Waals surface area contributed by atoms with Gasteiger partial charge >= 0.3 is 0 Å². The average Bonchev–Trinajstić information content (AvgIpc) is 2.60. The van der Waals surface area contributed by atoms with E-state index in [-0.39, 0.29) is 22.3 Å². The quantitative estimate of drug-likeness (QED) is 0.377. The van der Waals surface area contributed by atoms with Gasteiger partial charge in [0.2, 0.25) is 0 Å². The van der Waals surface area contributed by atoms with Crippen molar-refractivity contribution in [1.29, 1.82) is 16.2 Å². The van der Waals surface area contributed by atoms with Crippen LogP contribution in [-0.2, 0) is 0 Å². The monoisotopic (exact) mass is 416 g/mol. The Balaban J connectivity index is 1.96. The Morgan fingerprint density at radius 3 is 2.21 bits per heavy atom. The first-order chi connectivity index (χ1) is 13.5. The molecular formula is C21H32N6OS. The van der Waals surface area contributed by atoms with Gasteiger partial charge in [-0.1, -0.05) is 12.1 Å². The van der Waals surface area contributed by atoms with Crippen LogP contribution in [0, 0.1) is 16.2 Å². The second kappa shape index (κ2) is 9.00. The molecule has 1 fully saturated rings. The maximum Gasteiger partial charge on any atom is 0.256 e. The van der Waals surface area contributed by atoms with Gasteiger partial charge in [0.1, 0.15) is 5.75 Å². The zero-order valence-corrected chi connectivity index (χ0v) is 18.6. The molecule has 2 rings (SSSR count). The molecule has 8 heteroatoms. The number of hydrogen-bond acceptors (Lipinski definition) is 7. The summed E-state index contributed by atoms with van der Waals surface area (Å²) in [6, 6.07) is 7.24. The maximum atomic E-state index is 8.43. The minimum absolute atomic E-state index is 0.00924. The van der Waals surface area contributed by atoms with E-state index in [1.165, 1.54) is 12.4 Å². The van der Waals surface area contributed by atoms with Crippen LogP contribution in [0.5, 0.6) is 5.75 Å². The van der Waals surface area contributed by atoms with Gasteiger partial charge in [0, 0.05) is 53.9 Å². The number of nitrogens with zero attached hydrogens (tertiary/aromatic N) is 1. The van der Waals surface area contributed by atoms with E-state index in [1.54, 1.807) is 24.3 Å². The topological polar surface area (TPSA) is 122 Å². The molecule has 158 valence electrons. The van der Waals surface area contributed by atoms with Crippen LogP contribution in [0.4, 0.5) is 0 Å². The van der Waals surface area contributed by atoms with Gasteiger partial charge in [0.05, 0.1) is 0 Å². The van der Waals surface area contributed by atoms with E-state index in [0.29, 0.717) is 16.5 Å². The van der Waals surface area contributed by atoms with Crippen molar-refractivity contribution < 1.29 is 4.74 Å². The highest BCUT2D eigenvalue weighted by Crippen LogP contribution is 2.32. The Labute approximate surface area is 177 Å². The van der Waals surface area contributed by atoms with Gasteiger partial charge in [-0.3, -0.25) is 10.8 Å². The molecule has 0 spiro atoms. The Hall–Kier alpha value is -2.32. The van der Waals surface area contributed by atoms with Gasteiger partial charge in [0.15, 0.2) is 5.17 Å². The number of amidine groups is 1. The lowest BCUT2D eigenvalue weighted by atomic mass is 9.79. The van der Waals surface area contributed by atoms with E-state index in [9.17, 15) is 0 Å². The lowest BCUT2D eigenvalue weighted by Crippen LogP contribution is -2.62. The van der Waals surface area contributed by atoms with Crippen molar-refractivity contribution >= 4 is 33.9 Å². The molecule has 0 aromatic heterocycles. The van der Waals surface area contributed by atoms with Gasteiger partial charge in [-0.05, 0) is 58.2 Å². The molecule has 1 saturated heterocycles. The smallest absolute Gasteiger partial charge is 0.256 e. The molecule has 0 saturated carbocycles. The van der Waals surface area contributed by atoms with Crippen molar-refractivity contribution in [3.05, 3.63) is 36.0 Å². The number of rotatable bonds is 4. The second-order valence-corrected chi connectivity index (χ2v) is 9.61. The van der Waals surface area contributed by atoms with Crippen molar-refractivity contribution in [2.24, 2.45) is 5.73 Å². The van der Waals surface area contributed by atoms with Gasteiger partial charge in [-0.25, -0.2) is 0 Å². The van der Waals surface area contributed by atoms with Crippen molar-refractivity contribution in [2.75, 3.05) is 7.05 Å². The third kappa shape index (κ3) is 6.33. The van der Waals surface area contributed by atoms with Crippen molar-refractivity contribution in [1.82, 2.24) is 10.2 Å². The lowest BCUT2D eigenvalue weighted by Gasteiger charge is -2.49.